The van der Waals surface area contributed by atoms with Crippen molar-refractivity contribution in [1.82, 2.24) is 4.90 Å². The van der Waals surface area contributed by atoms with Gasteiger partial charge in [-0.05, 0) is 6.42 Å². The highest BCUT2D eigenvalue weighted by Crippen LogP contribution is 1.98. The SMILES string of the molecule is CCCC(N)N(CO)CO. The highest BCUT2D eigenvalue weighted by atomic mass is 16.3. The van der Waals surface area contributed by atoms with E-state index in [-0.39, 0.29) is 19.6 Å². The zero-order valence-electron chi connectivity index (χ0n) is 6.32. The van der Waals surface area contributed by atoms with Crippen molar-refractivity contribution < 1.29 is 10.2 Å². The van der Waals surface area contributed by atoms with Crippen LogP contribution < -0.4 is 5.73 Å². The molecular weight excluding hydrogens is 132 g/mol. The van der Waals surface area contributed by atoms with Gasteiger partial charge < -0.3 is 15.9 Å². The molecule has 62 valence electrons. The Labute approximate surface area is 61.3 Å². The molecule has 4 heteroatoms. The predicted molar refractivity (Wildman–Crippen MR) is 38.9 cm³/mol. The van der Waals surface area contributed by atoms with Crippen LogP contribution in [0.5, 0.6) is 0 Å². The quantitative estimate of drug-likeness (QED) is 0.450. The molecule has 4 nitrogen and oxygen atoms in total. The monoisotopic (exact) mass is 148 g/mol. The van der Waals surface area contributed by atoms with Gasteiger partial charge in [0.25, 0.3) is 0 Å². The molecule has 0 aromatic rings. The van der Waals surface area contributed by atoms with Crippen LogP contribution in [-0.2, 0) is 0 Å². The first-order chi connectivity index (χ1) is 4.76. The first kappa shape index (κ1) is 9.84. The summed E-state index contributed by atoms with van der Waals surface area (Å²) in [5, 5.41) is 17.2. The number of hydrogen-bond donors (Lipinski definition) is 3. The third-order valence-corrected chi connectivity index (χ3v) is 1.42. The molecule has 0 bridgehead atoms. The number of nitrogens with two attached hydrogens (primary N) is 1. The van der Waals surface area contributed by atoms with Crippen molar-refractivity contribution in [3.63, 3.8) is 0 Å². The summed E-state index contributed by atoms with van der Waals surface area (Å²) in [5.41, 5.74) is 5.56. The molecule has 0 amide bonds. The molecule has 0 heterocycles. The number of aliphatic hydroxyl groups is 2. The Balaban J connectivity index is 3.53. The Bertz CT molecular complexity index is 76.1. The molecule has 0 aromatic carbocycles. The van der Waals surface area contributed by atoms with Crippen molar-refractivity contribution >= 4 is 0 Å². The summed E-state index contributed by atoms with van der Waals surface area (Å²) in [5.74, 6) is 0. The van der Waals surface area contributed by atoms with Crippen LogP contribution in [0.4, 0.5) is 0 Å². The van der Waals surface area contributed by atoms with Gasteiger partial charge in [-0.3, -0.25) is 0 Å². The van der Waals surface area contributed by atoms with Crippen LogP contribution in [0.15, 0.2) is 0 Å². The molecule has 0 aliphatic heterocycles. The molecule has 0 spiro atoms. The standard InChI is InChI=1S/C6H16N2O2/c1-2-3-6(7)8(4-9)5-10/h6,9-10H,2-5,7H2,1H3. The lowest BCUT2D eigenvalue weighted by Crippen LogP contribution is -2.42. The molecule has 0 saturated heterocycles. The van der Waals surface area contributed by atoms with Gasteiger partial charge >= 0.3 is 0 Å². The Kier molecular flexibility index (Phi) is 5.52. The predicted octanol–water partition coefficient (Wildman–Crippen LogP) is -0.727. The highest BCUT2D eigenvalue weighted by molar-refractivity contribution is 4.57. The van der Waals surface area contributed by atoms with Crippen LogP contribution in [0.3, 0.4) is 0 Å². The Morgan fingerprint density at radius 2 is 1.90 bits per heavy atom. The van der Waals surface area contributed by atoms with Crippen LogP contribution in [0.25, 0.3) is 0 Å². The van der Waals surface area contributed by atoms with E-state index in [0.29, 0.717) is 0 Å². The van der Waals surface area contributed by atoms with Gasteiger partial charge in [0.15, 0.2) is 0 Å². The molecule has 0 aliphatic carbocycles. The second-order valence-corrected chi connectivity index (χ2v) is 2.23. The summed E-state index contributed by atoms with van der Waals surface area (Å²) in [6.45, 7) is 1.64. The summed E-state index contributed by atoms with van der Waals surface area (Å²) < 4.78 is 0. The van der Waals surface area contributed by atoms with Gasteiger partial charge in [0.05, 0.1) is 19.6 Å². The summed E-state index contributed by atoms with van der Waals surface area (Å²) in [7, 11) is 0. The number of hydrogen-bond acceptors (Lipinski definition) is 4. The van der Waals surface area contributed by atoms with Crippen LogP contribution in [0.1, 0.15) is 19.8 Å². The lowest BCUT2D eigenvalue weighted by Gasteiger charge is -2.23. The van der Waals surface area contributed by atoms with Crippen LogP contribution in [0.2, 0.25) is 0 Å². The minimum atomic E-state index is -0.222. The Hall–Kier alpha value is -0.160. The van der Waals surface area contributed by atoms with E-state index < -0.39 is 0 Å². The van der Waals surface area contributed by atoms with Gasteiger partial charge in [0, 0.05) is 0 Å². The largest absolute Gasteiger partial charge is 0.381 e. The fraction of sp³-hybridized carbons (Fsp3) is 1.00. The Morgan fingerprint density at radius 3 is 2.20 bits per heavy atom. The van der Waals surface area contributed by atoms with E-state index in [1.807, 2.05) is 6.92 Å². The second kappa shape index (κ2) is 5.61. The summed E-state index contributed by atoms with van der Waals surface area (Å²) in [4.78, 5) is 1.39. The summed E-state index contributed by atoms with van der Waals surface area (Å²) >= 11 is 0. The van der Waals surface area contributed by atoms with Crippen molar-refractivity contribution in [3.05, 3.63) is 0 Å². The lowest BCUT2D eigenvalue weighted by atomic mass is 10.3. The fourth-order valence-electron chi connectivity index (χ4n) is 0.733. The van der Waals surface area contributed by atoms with E-state index in [0.717, 1.165) is 12.8 Å². The minimum absolute atomic E-state index is 0.183. The zero-order chi connectivity index (χ0) is 7.98. The van der Waals surface area contributed by atoms with Gasteiger partial charge in [-0.2, -0.15) is 0 Å². The van der Waals surface area contributed by atoms with Crippen molar-refractivity contribution in [2.45, 2.75) is 25.9 Å². The van der Waals surface area contributed by atoms with Gasteiger partial charge in [-0.25, -0.2) is 4.90 Å². The van der Waals surface area contributed by atoms with Gasteiger partial charge in [-0.15, -0.1) is 0 Å². The molecule has 4 N–H and O–H groups in total. The third-order valence-electron chi connectivity index (χ3n) is 1.42. The summed E-state index contributed by atoms with van der Waals surface area (Å²) in [6, 6.07) is 0. The number of aliphatic hydroxyl groups excluding tert-OH is 2. The van der Waals surface area contributed by atoms with Crippen LogP contribution in [0, 0.1) is 0 Å². The van der Waals surface area contributed by atoms with E-state index in [9.17, 15) is 0 Å². The van der Waals surface area contributed by atoms with Crippen molar-refractivity contribution in [1.29, 1.82) is 0 Å². The number of nitrogens with zero attached hydrogens (tertiary/aromatic N) is 1. The molecule has 0 aromatic heterocycles. The molecule has 10 heavy (non-hydrogen) atoms. The lowest BCUT2D eigenvalue weighted by molar-refractivity contribution is -0.00372. The highest BCUT2D eigenvalue weighted by Gasteiger charge is 2.09. The maximum Gasteiger partial charge on any atom is 0.0987 e. The molecule has 1 atom stereocenters. The second-order valence-electron chi connectivity index (χ2n) is 2.23. The average Bonchev–Trinajstić information content (AvgIpc) is 1.91. The van der Waals surface area contributed by atoms with Gasteiger partial charge in [-0.1, -0.05) is 13.3 Å². The van der Waals surface area contributed by atoms with Crippen molar-refractivity contribution in [2.24, 2.45) is 5.73 Å². The molecule has 0 rings (SSSR count). The van der Waals surface area contributed by atoms with Gasteiger partial charge in [0.1, 0.15) is 0 Å². The molecular formula is C6H16N2O2. The number of rotatable bonds is 5. The maximum atomic E-state index is 8.61. The molecule has 0 radical (unpaired) electrons. The topological polar surface area (TPSA) is 69.7 Å². The normalized spacial score (nSPS) is 14.1. The summed E-state index contributed by atoms with van der Waals surface area (Å²) in [6.07, 6.45) is 1.53. The first-order valence-electron chi connectivity index (χ1n) is 3.47. The maximum absolute atomic E-state index is 8.61. The average molecular weight is 148 g/mol. The van der Waals surface area contributed by atoms with E-state index in [4.69, 9.17) is 15.9 Å². The van der Waals surface area contributed by atoms with Crippen LogP contribution in [-0.4, -0.2) is 34.7 Å². The molecule has 0 saturated carbocycles. The zero-order valence-corrected chi connectivity index (χ0v) is 6.32. The molecule has 0 fully saturated rings. The van der Waals surface area contributed by atoms with Gasteiger partial charge in [0.2, 0.25) is 0 Å². The Morgan fingerprint density at radius 1 is 1.40 bits per heavy atom. The first-order valence-corrected chi connectivity index (χ1v) is 3.47. The smallest absolute Gasteiger partial charge is 0.0987 e. The third kappa shape index (κ3) is 3.12. The van der Waals surface area contributed by atoms with E-state index in [2.05, 4.69) is 0 Å². The van der Waals surface area contributed by atoms with Crippen LogP contribution >= 0.6 is 0 Å². The minimum Gasteiger partial charge on any atom is -0.381 e. The van der Waals surface area contributed by atoms with E-state index >= 15 is 0 Å². The molecule has 0 aliphatic rings. The van der Waals surface area contributed by atoms with E-state index in [1.165, 1.54) is 4.90 Å². The molecule has 1 unspecified atom stereocenters. The van der Waals surface area contributed by atoms with E-state index in [1.54, 1.807) is 0 Å². The van der Waals surface area contributed by atoms with Crippen molar-refractivity contribution in [2.75, 3.05) is 13.5 Å². The van der Waals surface area contributed by atoms with Crippen molar-refractivity contribution in [3.8, 4) is 0 Å². The fourth-order valence-corrected chi connectivity index (χ4v) is 0.733.